The Morgan fingerprint density at radius 1 is 1.12 bits per heavy atom. The van der Waals surface area contributed by atoms with Crippen LogP contribution in [0.5, 0.6) is 0 Å². The topological polar surface area (TPSA) is 46.3 Å². The lowest BCUT2D eigenvalue weighted by Gasteiger charge is -2.36. The maximum Gasteiger partial charge on any atom is 0.227 e. The van der Waals surface area contributed by atoms with Gasteiger partial charge in [0.05, 0.1) is 5.92 Å². The number of nitrogens with two attached hydrogens (primary N) is 1. The van der Waals surface area contributed by atoms with Crippen LogP contribution in [0.15, 0.2) is 0 Å². The van der Waals surface area contributed by atoms with Crippen molar-refractivity contribution in [1.82, 2.24) is 4.90 Å². The molecule has 1 heterocycles. The van der Waals surface area contributed by atoms with E-state index in [1.54, 1.807) is 0 Å². The van der Waals surface area contributed by atoms with Gasteiger partial charge in [-0.3, -0.25) is 4.79 Å². The fourth-order valence-corrected chi connectivity index (χ4v) is 2.93. The van der Waals surface area contributed by atoms with E-state index in [2.05, 4.69) is 11.8 Å². The molecule has 0 bridgehead atoms. The third-order valence-corrected chi connectivity index (χ3v) is 4.23. The van der Waals surface area contributed by atoms with Crippen LogP contribution in [0.2, 0.25) is 0 Å². The predicted molar refractivity (Wildman–Crippen MR) is 64.9 cm³/mol. The second-order valence-electron chi connectivity index (χ2n) is 5.56. The predicted octanol–water partition coefficient (Wildman–Crippen LogP) is 1.76. The number of carbonyl (C=O) groups is 1. The fourth-order valence-electron chi connectivity index (χ4n) is 2.93. The molecule has 1 amide bonds. The smallest absolute Gasteiger partial charge is 0.227 e. The number of carbonyl (C=O) groups excluding carboxylic acids is 1. The highest BCUT2D eigenvalue weighted by Crippen LogP contribution is 2.26. The van der Waals surface area contributed by atoms with Gasteiger partial charge in [0.2, 0.25) is 5.91 Å². The van der Waals surface area contributed by atoms with E-state index in [-0.39, 0.29) is 12.0 Å². The molecule has 0 radical (unpaired) electrons. The molecular weight excluding hydrogens is 200 g/mol. The number of piperidine rings is 1. The number of nitrogens with zero attached hydrogens (tertiary/aromatic N) is 1. The third kappa shape index (κ3) is 2.57. The first kappa shape index (κ1) is 11.9. The van der Waals surface area contributed by atoms with Crippen LogP contribution < -0.4 is 5.73 Å². The van der Waals surface area contributed by atoms with Crippen molar-refractivity contribution in [2.45, 2.75) is 51.5 Å². The number of rotatable bonds is 1. The van der Waals surface area contributed by atoms with Gasteiger partial charge in [-0.15, -0.1) is 0 Å². The second kappa shape index (κ2) is 5.17. The molecule has 1 aliphatic carbocycles. The molecule has 3 nitrogen and oxygen atoms in total. The first-order chi connectivity index (χ1) is 7.68. The fraction of sp³-hybridized carbons (Fsp3) is 0.923. The molecule has 0 aromatic rings. The molecule has 2 aliphatic rings. The molecular formula is C13H24N2O. The quantitative estimate of drug-likeness (QED) is 0.737. The van der Waals surface area contributed by atoms with Crippen LogP contribution in [-0.4, -0.2) is 29.9 Å². The second-order valence-corrected chi connectivity index (χ2v) is 5.56. The highest BCUT2D eigenvalue weighted by molar-refractivity contribution is 5.79. The summed E-state index contributed by atoms with van der Waals surface area (Å²) in [6, 6.07) is 0.112. The van der Waals surface area contributed by atoms with Gasteiger partial charge >= 0.3 is 0 Å². The highest BCUT2D eigenvalue weighted by Gasteiger charge is 2.32. The minimum atomic E-state index is 0.112. The van der Waals surface area contributed by atoms with Crippen molar-refractivity contribution in [3.05, 3.63) is 0 Å². The van der Waals surface area contributed by atoms with Gasteiger partial charge in [0.25, 0.3) is 0 Å². The maximum atomic E-state index is 12.3. The van der Waals surface area contributed by atoms with Gasteiger partial charge in [-0.2, -0.15) is 0 Å². The van der Waals surface area contributed by atoms with Crippen molar-refractivity contribution in [1.29, 1.82) is 0 Å². The molecule has 1 saturated heterocycles. The Morgan fingerprint density at radius 3 is 2.38 bits per heavy atom. The largest absolute Gasteiger partial charge is 0.342 e. The third-order valence-electron chi connectivity index (χ3n) is 4.23. The van der Waals surface area contributed by atoms with Crippen molar-refractivity contribution in [2.75, 3.05) is 13.1 Å². The summed E-state index contributed by atoms with van der Waals surface area (Å²) in [6.45, 7) is 4.17. The van der Waals surface area contributed by atoms with E-state index in [4.69, 9.17) is 5.73 Å². The van der Waals surface area contributed by atoms with Crippen LogP contribution in [0.1, 0.15) is 45.4 Å². The standard InChI is InChI=1S/C13H24N2O/c1-10-6-8-15(9-7-10)13(16)11-4-2-3-5-12(11)14/h10-12H,2-9,14H2,1H3. The number of hydrogen-bond donors (Lipinski definition) is 1. The van der Waals surface area contributed by atoms with E-state index >= 15 is 0 Å². The summed E-state index contributed by atoms with van der Waals surface area (Å²) in [5, 5.41) is 0. The molecule has 16 heavy (non-hydrogen) atoms. The summed E-state index contributed by atoms with van der Waals surface area (Å²) in [7, 11) is 0. The molecule has 0 spiro atoms. The molecule has 92 valence electrons. The minimum Gasteiger partial charge on any atom is -0.342 e. The van der Waals surface area contributed by atoms with Crippen LogP contribution >= 0.6 is 0 Å². The Hall–Kier alpha value is -0.570. The van der Waals surface area contributed by atoms with Crippen molar-refractivity contribution in [3.63, 3.8) is 0 Å². The summed E-state index contributed by atoms with van der Waals surface area (Å²) < 4.78 is 0. The minimum absolute atomic E-state index is 0.112. The molecule has 2 N–H and O–H groups in total. The number of likely N-dealkylation sites (tertiary alicyclic amines) is 1. The first-order valence-corrected chi connectivity index (χ1v) is 6.73. The summed E-state index contributed by atoms with van der Waals surface area (Å²) in [5.41, 5.74) is 6.07. The number of hydrogen-bond acceptors (Lipinski definition) is 2. The summed E-state index contributed by atoms with van der Waals surface area (Å²) in [5.74, 6) is 1.23. The Bertz CT molecular complexity index is 246. The van der Waals surface area contributed by atoms with E-state index in [1.807, 2.05) is 0 Å². The lowest BCUT2D eigenvalue weighted by Crippen LogP contribution is -2.48. The lowest BCUT2D eigenvalue weighted by atomic mass is 9.83. The van der Waals surface area contributed by atoms with Crippen LogP contribution in [0, 0.1) is 11.8 Å². The van der Waals surface area contributed by atoms with E-state index in [0.717, 1.165) is 44.7 Å². The zero-order valence-corrected chi connectivity index (χ0v) is 10.3. The average molecular weight is 224 g/mol. The first-order valence-electron chi connectivity index (χ1n) is 6.73. The highest BCUT2D eigenvalue weighted by atomic mass is 16.2. The Morgan fingerprint density at radius 2 is 1.75 bits per heavy atom. The maximum absolute atomic E-state index is 12.3. The molecule has 0 aromatic carbocycles. The molecule has 0 aromatic heterocycles. The average Bonchev–Trinajstić information content (AvgIpc) is 2.30. The van der Waals surface area contributed by atoms with Crippen molar-refractivity contribution in [3.8, 4) is 0 Å². The molecule has 1 aliphatic heterocycles. The molecule has 2 fully saturated rings. The Balaban J connectivity index is 1.90. The van der Waals surface area contributed by atoms with Crippen LogP contribution in [0.25, 0.3) is 0 Å². The van der Waals surface area contributed by atoms with E-state index < -0.39 is 0 Å². The Kier molecular flexibility index (Phi) is 3.85. The molecule has 2 unspecified atom stereocenters. The zero-order valence-electron chi connectivity index (χ0n) is 10.3. The summed E-state index contributed by atoms with van der Waals surface area (Å²) in [6.07, 6.45) is 6.73. The van der Waals surface area contributed by atoms with Gasteiger partial charge in [0.1, 0.15) is 0 Å². The van der Waals surface area contributed by atoms with E-state index in [1.165, 1.54) is 12.8 Å². The van der Waals surface area contributed by atoms with Crippen LogP contribution in [0.4, 0.5) is 0 Å². The van der Waals surface area contributed by atoms with Gasteiger partial charge in [0.15, 0.2) is 0 Å². The monoisotopic (exact) mass is 224 g/mol. The molecule has 2 rings (SSSR count). The van der Waals surface area contributed by atoms with Crippen LogP contribution in [0.3, 0.4) is 0 Å². The van der Waals surface area contributed by atoms with Gasteiger partial charge in [-0.1, -0.05) is 19.8 Å². The van der Waals surface area contributed by atoms with Crippen molar-refractivity contribution < 1.29 is 4.79 Å². The lowest BCUT2D eigenvalue weighted by molar-refractivity contribution is -0.138. The molecule has 1 saturated carbocycles. The zero-order chi connectivity index (χ0) is 11.5. The van der Waals surface area contributed by atoms with Gasteiger partial charge in [0, 0.05) is 19.1 Å². The van der Waals surface area contributed by atoms with Crippen molar-refractivity contribution in [2.24, 2.45) is 17.6 Å². The van der Waals surface area contributed by atoms with E-state index in [0.29, 0.717) is 5.91 Å². The van der Waals surface area contributed by atoms with Crippen LogP contribution in [-0.2, 0) is 4.79 Å². The van der Waals surface area contributed by atoms with Gasteiger partial charge in [-0.05, 0) is 31.6 Å². The van der Waals surface area contributed by atoms with Gasteiger partial charge in [-0.25, -0.2) is 0 Å². The van der Waals surface area contributed by atoms with Crippen molar-refractivity contribution >= 4 is 5.91 Å². The Labute approximate surface area is 98.4 Å². The summed E-state index contributed by atoms with van der Waals surface area (Å²) in [4.78, 5) is 14.4. The SMILES string of the molecule is CC1CCN(C(=O)C2CCCCC2N)CC1. The number of amides is 1. The van der Waals surface area contributed by atoms with E-state index in [9.17, 15) is 4.79 Å². The molecule has 2 atom stereocenters. The normalized spacial score (nSPS) is 32.8. The summed E-state index contributed by atoms with van der Waals surface area (Å²) >= 11 is 0. The molecule has 3 heteroatoms. The van der Waals surface area contributed by atoms with Gasteiger partial charge < -0.3 is 10.6 Å².